The Morgan fingerprint density at radius 1 is 1.24 bits per heavy atom. The zero-order chi connectivity index (χ0) is 15.7. The lowest BCUT2D eigenvalue weighted by Crippen LogP contribution is -2.55. The van der Waals surface area contributed by atoms with Gasteiger partial charge in [-0.1, -0.05) is 0 Å². The van der Waals surface area contributed by atoms with E-state index in [4.69, 9.17) is 4.74 Å². The van der Waals surface area contributed by atoms with Crippen molar-refractivity contribution in [3.8, 4) is 0 Å². The molecule has 1 aromatic carbocycles. The van der Waals surface area contributed by atoms with Crippen LogP contribution in [0.5, 0.6) is 0 Å². The number of nitro groups is 1. The number of hydrogen-bond donors (Lipinski definition) is 4. The van der Waals surface area contributed by atoms with Crippen molar-refractivity contribution in [3.63, 3.8) is 0 Å². The number of ether oxygens (including phenoxy) is 1. The van der Waals surface area contributed by atoms with Crippen molar-refractivity contribution in [1.82, 2.24) is 0 Å². The molecule has 0 radical (unpaired) electrons. The number of aliphatic hydroxyl groups excluding tert-OH is 3. The Hall–Kier alpha value is -1.74. The maximum atomic E-state index is 11.1. The Morgan fingerprint density at radius 3 is 2.48 bits per heavy atom. The highest BCUT2D eigenvalue weighted by Gasteiger charge is 2.38. The van der Waals surface area contributed by atoms with Gasteiger partial charge in [0, 0.05) is 6.07 Å². The number of benzene rings is 1. The summed E-state index contributed by atoms with van der Waals surface area (Å²) in [6.07, 6.45) is -4.99. The highest BCUT2D eigenvalue weighted by Crippen LogP contribution is 2.30. The van der Waals surface area contributed by atoms with Crippen LogP contribution in [-0.4, -0.2) is 51.4 Å². The second-order valence-electron chi connectivity index (χ2n) is 5.16. The fourth-order valence-corrected chi connectivity index (χ4v) is 2.15. The van der Waals surface area contributed by atoms with E-state index in [9.17, 15) is 25.4 Å². The van der Waals surface area contributed by atoms with E-state index in [1.807, 2.05) is 0 Å². The van der Waals surface area contributed by atoms with Gasteiger partial charge >= 0.3 is 0 Å². The number of aryl methyl sites for hydroxylation is 2. The van der Waals surface area contributed by atoms with Crippen molar-refractivity contribution in [1.29, 1.82) is 0 Å². The van der Waals surface area contributed by atoms with Gasteiger partial charge < -0.3 is 25.4 Å². The van der Waals surface area contributed by atoms with Crippen LogP contribution in [0.4, 0.5) is 11.4 Å². The van der Waals surface area contributed by atoms with E-state index in [0.717, 1.165) is 11.1 Å². The predicted octanol–water partition coefficient (Wildman–Crippen LogP) is 0.0625. The molecule has 4 unspecified atom stereocenters. The van der Waals surface area contributed by atoms with E-state index in [-0.39, 0.29) is 18.0 Å². The molecule has 0 bridgehead atoms. The van der Waals surface area contributed by atoms with Crippen molar-refractivity contribution in [2.45, 2.75) is 38.4 Å². The quantitative estimate of drug-likeness (QED) is 0.459. The summed E-state index contributed by atoms with van der Waals surface area (Å²) in [5, 5.41) is 42.7. The number of nitro benzene ring substituents is 1. The first-order chi connectivity index (χ1) is 9.81. The third-order valence-corrected chi connectivity index (χ3v) is 3.61. The first-order valence-electron chi connectivity index (χ1n) is 6.49. The molecular weight excluding hydrogens is 280 g/mol. The molecule has 116 valence electrons. The highest BCUT2D eigenvalue weighted by atomic mass is 16.6. The summed E-state index contributed by atoms with van der Waals surface area (Å²) in [6, 6.07) is 3.01. The molecular formula is C13H18N2O6. The Kier molecular flexibility index (Phi) is 4.43. The van der Waals surface area contributed by atoms with Crippen LogP contribution in [0.3, 0.4) is 0 Å². The summed E-state index contributed by atoms with van der Waals surface area (Å²) in [5.74, 6) is 0. The molecule has 2 rings (SSSR count). The fourth-order valence-electron chi connectivity index (χ4n) is 2.15. The van der Waals surface area contributed by atoms with Gasteiger partial charge in [-0.2, -0.15) is 0 Å². The second kappa shape index (κ2) is 5.94. The van der Waals surface area contributed by atoms with Gasteiger partial charge in [-0.25, -0.2) is 0 Å². The Labute approximate surface area is 121 Å². The van der Waals surface area contributed by atoms with Crippen molar-refractivity contribution < 1.29 is 25.0 Å². The molecule has 21 heavy (non-hydrogen) atoms. The average molecular weight is 298 g/mol. The Bertz CT molecular complexity index is 550. The van der Waals surface area contributed by atoms with Crippen LogP contribution in [0, 0.1) is 24.0 Å². The Morgan fingerprint density at radius 2 is 1.86 bits per heavy atom. The Balaban J connectivity index is 2.27. The summed E-state index contributed by atoms with van der Waals surface area (Å²) in [5.41, 5.74) is 1.66. The monoisotopic (exact) mass is 298 g/mol. The topological polar surface area (TPSA) is 125 Å². The van der Waals surface area contributed by atoms with E-state index >= 15 is 0 Å². The average Bonchev–Trinajstić information content (AvgIpc) is 2.43. The first-order valence-corrected chi connectivity index (χ1v) is 6.49. The standard InChI is InChI=1S/C13H18N2O6/c1-6-3-8(9(15(19)20)4-7(6)2)14-13-12(18)11(17)10(16)5-21-13/h3-4,10-14,16-18H,5H2,1-2H3. The minimum absolute atomic E-state index is 0.144. The fraction of sp³-hybridized carbons (Fsp3) is 0.538. The van der Waals surface area contributed by atoms with Gasteiger partial charge in [0.25, 0.3) is 5.69 Å². The van der Waals surface area contributed by atoms with Gasteiger partial charge in [0.15, 0.2) is 6.23 Å². The van der Waals surface area contributed by atoms with Crippen molar-refractivity contribution in [2.75, 3.05) is 11.9 Å². The largest absolute Gasteiger partial charge is 0.388 e. The van der Waals surface area contributed by atoms with E-state index < -0.39 is 29.5 Å². The molecule has 0 amide bonds. The van der Waals surface area contributed by atoms with Gasteiger partial charge in [-0.05, 0) is 31.0 Å². The maximum Gasteiger partial charge on any atom is 0.292 e. The van der Waals surface area contributed by atoms with Gasteiger partial charge in [0.1, 0.15) is 24.0 Å². The number of hydrogen-bond acceptors (Lipinski definition) is 7. The summed E-state index contributed by atoms with van der Waals surface area (Å²) < 4.78 is 5.19. The number of anilines is 1. The zero-order valence-corrected chi connectivity index (χ0v) is 11.7. The van der Waals surface area contributed by atoms with Gasteiger partial charge in [0.05, 0.1) is 11.5 Å². The molecule has 1 fully saturated rings. The minimum Gasteiger partial charge on any atom is -0.388 e. The van der Waals surface area contributed by atoms with Crippen molar-refractivity contribution in [3.05, 3.63) is 33.4 Å². The third-order valence-electron chi connectivity index (χ3n) is 3.61. The molecule has 1 aliphatic heterocycles. The van der Waals surface area contributed by atoms with Crippen molar-refractivity contribution in [2.24, 2.45) is 0 Å². The van der Waals surface area contributed by atoms with E-state index in [1.54, 1.807) is 19.9 Å². The van der Waals surface area contributed by atoms with Crippen molar-refractivity contribution >= 4 is 11.4 Å². The third kappa shape index (κ3) is 3.13. The minimum atomic E-state index is -1.39. The molecule has 8 heteroatoms. The summed E-state index contributed by atoms with van der Waals surface area (Å²) >= 11 is 0. The van der Waals surface area contributed by atoms with Crippen LogP contribution < -0.4 is 5.32 Å². The summed E-state index contributed by atoms with van der Waals surface area (Å²) in [6.45, 7) is 3.40. The summed E-state index contributed by atoms with van der Waals surface area (Å²) in [7, 11) is 0. The number of nitrogens with one attached hydrogen (secondary N) is 1. The highest BCUT2D eigenvalue weighted by molar-refractivity contribution is 5.64. The SMILES string of the molecule is Cc1cc(NC2OCC(O)C(O)C2O)c([N+](=O)[O-])cc1C. The van der Waals surface area contributed by atoms with Gasteiger partial charge in [-0.15, -0.1) is 0 Å². The van der Waals surface area contributed by atoms with Crippen LogP contribution in [0.2, 0.25) is 0 Å². The number of aliphatic hydroxyl groups is 3. The van der Waals surface area contributed by atoms with Crippen LogP contribution in [0.1, 0.15) is 11.1 Å². The smallest absolute Gasteiger partial charge is 0.292 e. The molecule has 0 saturated carbocycles. The zero-order valence-electron chi connectivity index (χ0n) is 11.7. The molecule has 1 heterocycles. The molecule has 1 aliphatic rings. The molecule has 4 N–H and O–H groups in total. The van der Waals surface area contributed by atoms with E-state index in [0.29, 0.717) is 0 Å². The maximum absolute atomic E-state index is 11.1. The number of nitrogens with zero attached hydrogens (tertiary/aromatic N) is 1. The van der Waals surface area contributed by atoms with E-state index in [1.165, 1.54) is 6.07 Å². The van der Waals surface area contributed by atoms with Crippen LogP contribution in [0.25, 0.3) is 0 Å². The summed E-state index contributed by atoms with van der Waals surface area (Å²) in [4.78, 5) is 10.6. The number of rotatable bonds is 3. The molecule has 0 spiro atoms. The lowest BCUT2D eigenvalue weighted by atomic mass is 10.0. The van der Waals surface area contributed by atoms with Crippen LogP contribution >= 0.6 is 0 Å². The van der Waals surface area contributed by atoms with Gasteiger partial charge in [0.2, 0.25) is 0 Å². The van der Waals surface area contributed by atoms with Gasteiger partial charge in [-0.3, -0.25) is 10.1 Å². The molecule has 0 aromatic heterocycles. The van der Waals surface area contributed by atoms with Crippen LogP contribution in [-0.2, 0) is 4.74 Å². The molecule has 4 atom stereocenters. The normalized spacial score (nSPS) is 29.2. The van der Waals surface area contributed by atoms with E-state index in [2.05, 4.69) is 5.32 Å². The molecule has 1 aromatic rings. The molecule has 0 aliphatic carbocycles. The molecule has 8 nitrogen and oxygen atoms in total. The lowest BCUT2D eigenvalue weighted by Gasteiger charge is -2.35. The first kappa shape index (κ1) is 15.6. The lowest BCUT2D eigenvalue weighted by molar-refractivity contribution is -0.384. The molecule has 1 saturated heterocycles. The second-order valence-corrected chi connectivity index (χ2v) is 5.16. The van der Waals surface area contributed by atoms with Crippen LogP contribution in [0.15, 0.2) is 12.1 Å². The predicted molar refractivity (Wildman–Crippen MR) is 74.0 cm³/mol.